The van der Waals surface area contributed by atoms with Crippen molar-refractivity contribution >= 4 is 6.21 Å². The molecule has 0 amide bonds. The predicted molar refractivity (Wildman–Crippen MR) is 70.8 cm³/mol. The lowest BCUT2D eigenvalue weighted by Crippen LogP contribution is -2.34. The molecule has 1 aliphatic rings. The quantitative estimate of drug-likeness (QED) is 0.506. The summed E-state index contributed by atoms with van der Waals surface area (Å²) in [5.74, 6) is 0. The summed E-state index contributed by atoms with van der Waals surface area (Å²) in [5.41, 5.74) is 5.57. The zero-order valence-corrected chi connectivity index (χ0v) is 10.4. The molecule has 0 aliphatic carbocycles. The van der Waals surface area contributed by atoms with Gasteiger partial charge in [0, 0.05) is 25.8 Å². The highest BCUT2D eigenvalue weighted by Crippen LogP contribution is 2.12. The van der Waals surface area contributed by atoms with Crippen LogP contribution in [0.4, 0.5) is 0 Å². The van der Waals surface area contributed by atoms with E-state index in [1.54, 1.807) is 0 Å². The van der Waals surface area contributed by atoms with Gasteiger partial charge in [-0.15, -0.1) is 0 Å². The van der Waals surface area contributed by atoms with Gasteiger partial charge in [0.15, 0.2) is 0 Å². The van der Waals surface area contributed by atoms with E-state index in [4.69, 9.17) is 5.73 Å². The molecule has 0 aromatic heterocycles. The van der Waals surface area contributed by atoms with E-state index in [1.807, 2.05) is 6.21 Å². The van der Waals surface area contributed by atoms with E-state index in [0.717, 1.165) is 32.5 Å². The predicted octanol–water partition coefficient (Wildman–Crippen LogP) is 2.18. The molecule has 0 saturated carbocycles. The zero-order chi connectivity index (χ0) is 11.6. The van der Waals surface area contributed by atoms with Gasteiger partial charge in [-0.3, -0.25) is 9.89 Å². The largest absolute Gasteiger partial charge is 0.329 e. The number of hydrogen-bond donors (Lipinski definition) is 1. The van der Waals surface area contributed by atoms with Crippen LogP contribution >= 0.6 is 0 Å². The SMILES string of the molecule is CCCC/C=C/CCC1N=CCN1CCN. The van der Waals surface area contributed by atoms with E-state index in [9.17, 15) is 0 Å². The molecule has 0 radical (unpaired) electrons. The van der Waals surface area contributed by atoms with Crippen molar-refractivity contribution in [1.29, 1.82) is 0 Å². The highest BCUT2D eigenvalue weighted by atomic mass is 15.3. The van der Waals surface area contributed by atoms with E-state index in [-0.39, 0.29) is 0 Å². The number of hydrogen-bond acceptors (Lipinski definition) is 3. The lowest BCUT2D eigenvalue weighted by molar-refractivity contribution is 0.247. The molecule has 1 atom stereocenters. The number of allylic oxidation sites excluding steroid dienone is 2. The molecule has 1 heterocycles. The van der Waals surface area contributed by atoms with Crippen LogP contribution in [0.1, 0.15) is 39.0 Å². The summed E-state index contributed by atoms with van der Waals surface area (Å²) < 4.78 is 0. The maximum Gasteiger partial charge on any atom is 0.102 e. The normalized spacial score (nSPS) is 21.2. The first-order valence-electron chi connectivity index (χ1n) is 6.49. The van der Waals surface area contributed by atoms with Gasteiger partial charge in [0.25, 0.3) is 0 Å². The van der Waals surface area contributed by atoms with Crippen LogP contribution in [0, 0.1) is 0 Å². The first-order chi connectivity index (χ1) is 7.88. The van der Waals surface area contributed by atoms with E-state index >= 15 is 0 Å². The van der Waals surface area contributed by atoms with Gasteiger partial charge in [-0.05, 0) is 19.3 Å². The maximum atomic E-state index is 5.57. The van der Waals surface area contributed by atoms with Gasteiger partial charge < -0.3 is 5.73 Å². The minimum Gasteiger partial charge on any atom is -0.329 e. The third-order valence-corrected chi connectivity index (χ3v) is 2.91. The Labute approximate surface area is 99.4 Å². The molecule has 1 unspecified atom stereocenters. The summed E-state index contributed by atoms with van der Waals surface area (Å²) in [7, 11) is 0. The summed E-state index contributed by atoms with van der Waals surface area (Å²) in [6, 6.07) is 0. The van der Waals surface area contributed by atoms with Crippen LogP contribution in [0.3, 0.4) is 0 Å². The van der Waals surface area contributed by atoms with Gasteiger partial charge >= 0.3 is 0 Å². The first kappa shape index (κ1) is 13.4. The molecule has 0 fully saturated rings. The van der Waals surface area contributed by atoms with Gasteiger partial charge in [-0.1, -0.05) is 31.9 Å². The van der Waals surface area contributed by atoms with Crippen molar-refractivity contribution in [3.05, 3.63) is 12.2 Å². The lowest BCUT2D eigenvalue weighted by Gasteiger charge is -2.21. The number of nitrogens with two attached hydrogens (primary N) is 1. The molecule has 1 rings (SSSR count). The van der Waals surface area contributed by atoms with Crippen molar-refractivity contribution in [2.24, 2.45) is 10.7 Å². The Morgan fingerprint density at radius 3 is 3.00 bits per heavy atom. The van der Waals surface area contributed by atoms with Crippen molar-refractivity contribution < 1.29 is 0 Å². The fourth-order valence-electron chi connectivity index (χ4n) is 1.96. The Hall–Kier alpha value is -0.670. The van der Waals surface area contributed by atoms with Gasteiger partial charge in [0.1, 0.15) is 6.17 Å². The second-order valence-corrected chi connectivity index (χ2v) is 4.29. The zero-order valence-electron chi connectivity index (χ0n) is 10.4. The number of aliphatic imine (C=N–C) groups is 1. The van der Waals surface area contributed by atoms with Crippen LogP contribution in [0.2, 0.25) is 0 Å². The molecule has 0 saturated heterocycles. The Morgan fingerprint density at radius 2 is 2.25 bits per heavy atom. The van der Waals surface area contributed by atoms with Crippen molar-refractivity contribution in [3.8, 4) is 0 Å². The molecule has 16 heavy (non-hydrogen) atoms. The molecule has 0 spiro atoms. The third-order valence-electron chi connectivity index (χ3n) is 2.91. The molecule has 0 aromatic rings. The molecule has 0 bridgehead atoms. The Balaban J connectivity index is 2.11. The van der Waals surface area contributed by atoms with Crippen LogP contribution in [-0.2, 0) is 0 Å². The molecule has 3 heteroatoms. The molecule has 2 N–H and O–H groups in total. The van der Waals surface area contributed by atoms with Crippen molar-refractivity contribution in [1.82, 2.24) is 4.90 Å². The summed E-state index contributed by atoms with van der Waals surface area (Å²) in [6.07, 6.45) is 13.0. The lowest BCUT2D eigenvalue weighted by atomic mass is 10.2. The Morgan fingerprint density at radius 1 is 1.44 bits per heavy atom. The maximum absolute atomic E-state index is 5.57. The highest BCUT2D eigenvalue weighted by molar-refractivity contribution is 5.62. The minimum absolute atomic E-state index is 0.374. The van der Waals surface area contributed by atoms with Crippen LogP contribution in [-0.4, -0.2) is 36.9 Å². The van der Waals surface area contributed by atoms with Gasteiger partial charge in [-0.2, -0.15) is 0 Å². The second-order valence-electron chi connectivity index (χ2n) is 4.29. The van der Waals surface area contributed by atoms with Gasteiger partial charge in [-0.25, -0.2) is 0 Å². The van der Waals surface area contributed by atoms with E-state index in [1.165, 1.54) is 19.3 Å². The molecule has 3 nitrogen and oxygen atoms in total. The topological polar surface area (TPSA) is 41.6 Å². The van der Waals surface area contributed by atoms with Crippen molar-refractivity contribution in [3.63, 3.8) is 0 Å². The van der Waals surface area contributed by atoms with E-state index in [0.29, 0.717) is 6.17 Å². The Kier molecular flexibility index (Phi) is 7.10. The third kappa shape index (κ3) is 4.90. The molecule has 1 aliphatic heterocycles. The van der Waals surface area contributed by atoms with Crippen LogP contribution in [0.15, 0.2) is 17.1 Å². The first-order valence-corrected chi connectivity index (χ1v) is 6.49. The average Bonchev–Trinajstić information content (AvgIpc) is 2.72. The smallest absolute Gasteiger partial charge is 0.102 e. The van der Waals surface area contributed by atoms with E-state index in [2.05, 4.69) is 29.0 Å². The number of unbranched alkanes of at least 4 members (excludes halogenated alkanes) is 2. The highest BCUT2D eigenvalue weighted by Gasteiger charge is 2.18. The summed E-state index contributed by atoms with van der Waals surface area (Å²) in [6.45, 7) is 4.89. The minimum atomic E-state index is 0.374. The number of rotatable bonds is 8. The van der Waals surface area contributed by atoms with Crippen LogP contribution < -0.4 is 5.73 Å². The van der Waals surface area contributed by atoms with Crippen molar-refractivity contribution in [2.75, 3.05) is 19.6 Å². The monoisotopic (exact) mass is 223 g/mol. The standard InChI is InChI=1S/C13H25N3/c1-2-3-4-5-6-7-8-13-15-10-12-16(13)11-9-14/h5-6,10,13H,2-4,7-9,11-12,14H2,1H3/b6-5+. The number of nitrogens with zero attached hydrogens (tertiary/aromatic N) is 2. The van der Waals surface area contributed by atoms with Crippen LogP contribution in [0.5, 0.6) is 0 Å². The summed E-state index contributed by atoms with van der Waals surface area (Å²) >= 11 is 0. The fourth-order valence-corrected chi connectivity index (χ4v) is 1.96. The van der Waals surface area contributed by atoms with Crippen molar-refractivity contribution in [2.45, 2.75) is 45.2 Å². The Bertz CT molecular complexity index is 223. The average molecular weight is 223 g/mol. The second kappa shape index (κ2) is 8.48. The van der Waals surface area contributed by atoms with E-state index < -0.39 is 0 Å². The summed E-state index contributed by atoms with van der Waals surface area (Å²) in [5, 5.41) is 0. The summed E-state index contributed by atoms with van der Waals surface area (Å²) in [4.78, 5) is 6.83. The molecule has 92 valence electrons. The molecular formula is C13H25N3. The molecular weight excluding hydrogens is 198 g/mol. The van der Waals surface area contributed by atoms with Gasteiger partial charge in [0.2, 0.25) is 0 Å². The fraction of sp³-hybridized carbons (Fsp3) is 0.769. The van der Waals surface area contributed by atoms with Crippen LogP contribution in [0.25, 0.3) is 0 Å². The molecule has 0 aromatic carbocycles. The van der Waals surface area contributed by atoms with Gasteiger partial charge in [0.05, 0.1) is 0 Å².